The number of aromatic nitrogens is 3. The SMILES string of the molecule is CCNC(=NCCC(=O)NC1CCCCC1)NCCn1cnnc1CC. The fraction of sp³-hybridized carbons (Fsp3) is 0.778. The summed E-state index contributed by atoms with van der Waals surface area (Å²) in [6.45, 7) is 6.88. The van der Waals surface area contributed by atoms with Gasteiger partial charge in [-0.2, -0.15) is 0 Å². The normalized spacial score (nSPS) is 15.7. The first kappa shape index (κ1) is 20.2. The molecule has 0 atom stereocenters. The molecule has 1 heterocycles. The molecule has 26 heavy (non-hydrogen) atoms. The molecule has 1 aromatic rings. The summed E-state index contributed by atoms with van der Waals surface area (Å²) in [6.07, 6.45) is 9.02. The van der Waals surface area contributed by atoms with E-state index >= 15 is 0 Å². The Hall–Kier alpha value is -2.12. The lowest BCUT2D eigenvalue weighted by molar-refractivity contribution is -0.121. The van der Waals surface area contributed by atoms with Crippen LogP contribution in [0.5, 0.6) is 0 Å². The van der Waals surface area contributed by atoms with Crippen molar-refractivity contribution >= 4 is 11.9 Å². The van der Waals surface area contributed by atoms with Gasteiger partial charge in [0.2, 0.25) is 5.91 Å². The van der Waals surface area contributed by atoms with Crippen LogP contribution in [0, 0.1) is 0 Å². The number of aryl methyl sites for hydroxylation is 1. The molecule has 0 spiro atoms. The topological polar surface area (TPSA) is 96.2 Å². The van der Waals surface area contributed by atoms with Crippen molar-refractivity contribution in [2.45, 2.75) is 71.4 Å². The van der Waals surface area contributed by atoms with E-state index < -0.39 is 0 Å². The molecule has 1 aliphatic rings. The van der Waals surface area contributed by atoms with Crippen molar-refractivity contribution < 1.29 is 4.79 Å². The van der Waals surface area contributed by atoms with Crippen LogP contribution < -0.4 is 16.0 Å². The van der Waals surface area contributed by atoms with E-state index in [9.17, 15) is 4.79 Å². The van der Waals surface area contributed by atoms with E-state index in [1.165, 1.54) is 19.3 Å². The van der Waals surface area contributed by atoms with E-state index in [0.29, 0.717) is 19.0 Å². The number of carbonyl (C=O) groups is 1. The van der Waals surface area contributed by atoms with Crippen LogP contribution in [0.1, 0.15) is 58.2 Å². The van der Waals surface area contributed by atoms with E-state index in [2.05, 4.69) is 38.1 Å². The Balaban J connectivity index is 1.70. The zero-order chi connectivity index (χ0) is 18.6. The van der Waals surface area contributed by atoms with Crippen molar-refractivity contribution in [1.29, 1.82) is 0 Å². The van der Waals surface area contributed by atoms with Gasteiger partial charge in [-0.05, 0) is 19.8 Å². The van der Waals surface area contributed by atoms with Crippen LogP contribution in [-0.4, -0.2) is 52.3 Å². The Kier molecular flexibility index (Phi) is 8.92. The Morgan fingerprint density at radius 3 is 2.81 bits per heavy atom. The first-order valence-electron chi connectivity index (χ1n) is 9.91. The number of nitrogens with zero attached hydrogens (tertiary/aromatic N) is 4. The number of hydrogen-bond donors (Lipinski definition) is 3. The summed E-state index contributed by atoms with van der Waals surface area (Å²) in [5, 5.41) is 17.7. The number of rotatable bonds is 9. The third-order valence-electron chi connectivity index (χ3n) is 4.58. The highest BCUT2D eigenvalue weighted by atomic mass is 16.1. The zero-order valence-corrected chi connectivity index (χ0v) is 16.1. The van der Waals surface area contributed by atoms with Gasteiger partial charge in [-0.1, -0.05) is 26.2 Å². The van der Waals surface area contributed by atoms with Gasteiger partial charge >= 0.3 is 0 Å². The van der Waals surface area contributed by atoms with Gasteiger partial charge in [0.05, 0.1) is 6.54 Å². The molecule has 0 aromatic carbocycles. The molecule has 2 rings (SSSR count). The number of hydrogen-bond acceptors (Lipinski definition) is 4. The molecule has 0 unspecified atom stereocenters. The molecule has 146 valence electrons. The number of aliphatic imine (C=N–C) groups is 1. The van der Waals surface area contributed by atoms with Gasteiger partial charge in [-0.25, -0.2) is 0 Å². The summed E-state index contributed by atoms with van der Waals surface area (Å²) < 4.78 is 2.04. The molecule has 8 heteroatoms. The predicted molar refractivity (Wildman–Crippen MR) is 103 cm³/mol. The summed E-state index contributed by atoms with van der Waals surface area (Å²) >= 11 is 0. The molecule has 1 fully saturated rings. The lowest BCUT2D eigenvalue weighted by atomic mass is 9.95. The van der Waals surface area contributed by atoms with Crippen molar-refractivity contribution in [1.82, 2.24) is 30.7 Å². The van der Waals surface area contributed by atoms with E-state index in [1.807, 2.05) is 11.5 Å². The maximum Gasteiger partial charge on any atom is 0.222 e. The van der Waals surface area contributed by atoms with Gasteiger partial charge in [-0.3, -0.25) is 9.79 Å². The van der Waals surface area contributed by atoms with Crippen molar-refractivity contribution in [2.24, 2.45) is 4.99 Å². The van der Waals surface area contributed by atoms with Crippen LogP contribution in [0.4, 0.5) is 0 Å². The van der Waals surface area contributed by atoms with Crippen molar-refractivity contribution in [2.75, 3.05) is 19.6 Å². The maximum absolute atomic E-state index is 12.1. The molecular weight excluding hydrogens is 330 g/mol. The smallest absolute Gasteiger partial charge is 0.222 e. The molecule has 1 aliphatic carbocycles. The largest absolute Gasteiger partial charge is 0.357 e. The van der Waals surface area contributed by atoms with Crippen LogP contribution in [0.15, 0.2) is 11.3 Å². The number of amides is 1. The summed E-state index contributed by atoms with van der Waals surface area (Å²) in [6, 6.07) is 0.364. The predicted octanol–water partition coefficient (Wildman–Crippen LogP) is 1.23. The van der Waals surface area contributed by atoms with Gasteiger partial charge in [0.15, 0.2) is 5.96 Å². The molecule has 3 N–H and O–H groups in total. The monoisotopic (exact) mass is 363 g/mol. The number of carbonyl (C=O) groups excluding carboxylic acids is 1. The average Bonchev–Trinajstić information content (AvgIpc) is 3.10. The van der Waals surface area contributed by atoms with E-state index in [0.717, 1.165) is 50.7 Å². The van der Waals surface area contributed by atoms with E-state index in [-0.39, 0.29) is 5.91 Å². The van der Waals surface area contributed by atoms with Gasteiger partial charge < -0.3 is 20.5 Å². The second kappa shape index (κ2) is 11.5. The lowest BCUT2D eigenvalue weighted by Gasteiger charge is -2.22. The van der Waals surface area contributed by atoms with Crippen molar-refractivity contribution in [3.8, 4) is 0 Å². The molecule has 0 saturated heterocycles. The average molecular weight is 364 g/mol. The van der Waals surface area contributed by atoms with Gasteiger partial charge in [0.1, 0.15) is 12.2 Å². The zero-order valence-electron chi connectivity index (χ0n) is 16.1. The Morgan fingerprint density at radius 2 is 2.08 bits per heavy atom. The van der Waals surface area contributed by atoms with Crippen LogP contribution in [0.3, 0.4) is 0 Å². The Morgan fingerprint density at radius 1 is 1.27 bits per heavy atom. The van der Waals surface area contributed by atoms with Crippen LogP contribution in [-0.2, 0) is 17.8 Å². The highest BCUT2D eigenvalue weighted by molar-refractivity contribution is 5.80. The van der Waals surface area contributed by atoms with Gasteiger partial charge in [0, 0.05) is 38.5 Å². The first-order chi connectivity index (χ1) is 12.7. The van der Waals surface area contributed by atoms with Crippen LogP contribution in [0.2, 0.25) is 0 Å². The van der Waals surface area contributed by atoms with Crippen LogP contribution in [0.25, 0.3) is 0 Å². The van der Waals surface area contributed by atoms with Gasteiger partial charge in [-0.15, -0.1) is 10.2 Å². The number of guanidine groups is 1. The highest BCUT2D eigenvalue weighted by Gasteiger charge is 2.15. The molecule has 0 aliphatic heterocycles. The summed E-state index contributed by atoms with van der Waals surface area (Å²) in [7, 11) is 0. The van der Waals surface area contributed by atoms with Crippen molar-refractivity contribution in [3.05, 3.63) is 12.2 Å². The van der Waals surface area contributed by atoms with Crippen molar-refractivity contribution in [3.63, 3.8) is 0 Å². The molecular formula is C18H33N7O. The fourth-order valence-electron chi connectivity index (χ4n) is 3.19. The summed E-state index contributed by atoms with van der Waals surface area (Å²) in [4.78, 5) is 16.6. The third kappa shape index (κ3) is 7.01. The summed E-state index contributed by atoms with van der Waals surface area (Å²) in [5.74, 6) is 1.82. The highest BCUT2D eigenvalue weighted by Crippen LogP contribution is 2.17. The van der Waals surface area contributed by atoms with Gasteiger partial charge in [0.25, 0.3) is 0 Å². The standard InChI is InChI=1S/C18H33N7O/c1-3-16-24-22-14-25(16)13-12-21-18(19-4-2)20-11-10-17(26)23-15-8-6-5-7-9-15/h14-15H,3-13H2,1-2H3,(H,23,26)(H2,19,20,21). The molecule has 1 saturated carbocycles. The first-order valence-corrected chi connectivity index (χ1v) is 9.91. The quantitative estimate of drug-likeness (QED) is 0.453. The van der Waals surface area contributed by atoms with Crippen LogP contribution >= 0.6 is 0 Å². The third-order valence-corrected chi connectivity index (χ3v) is 4.58. The second-order valence-corrected chi connectivity index (χ2v) is 6.63. The minimum atomic E-state index is 0.105. The molecule has 1 aromatic heterocycles. The molecule has 0 bridgehead atoms. The Bertz CT molecular complexity index is 564. The lowest BCUT2D eigenvalue weighted by Crippen LogP contribution is -2.39. The molecule has 0 radical (unpaired) electrons. The van der Waals surface area contributed by atoms with E-state index in [4.69, 9.17) is 0 Å². The molecule has 1 amide bonds. The summed E-state index contributed by atoms with van der Waals surface area (Å²) in [5.41, 5.74) is 0. The second-order valence-electron chi connectivity index (χ2n) is 6.63. The minimum absolute atomic E-state index is 0.105. The number of nitrogens with one attached hydrogen (secondary N) is 3. The molecule has 8 nitrogen and oxygen atoms in total. The van der Waals surface area contributed by atoms with E-state index in [1.54, 1.807) is 6.33 Å². The minimum Gasteiger partial charge on any atom is -0.357 e. The Labute approximate surface area is 156 Å². The fourth-order valence-corrected chi connectivity index (χ4v) is 3.19. The maximum atomic E-state index is 12.1.